The fourth-order valence-electron chi connectivity index (χ4n) is 4.18. The van der Waals surface area contributed by atoms with Crippen molar-refractivity contribution >= 4 is 44.1 Å². The second-order valence-electron chi connectivity index (χ2n) is 9.30. The van der Waals surface area contributed by atoms with Gasteiger partial charge in [0.25, 0.3) is 0 Å². The quantitative estimate of drug-likeness (QED) is 0.204. The summed E-state index contributed by atoms with van der Waals surface area (Å²) in [5.41, 5.74) is -2.77. The lowest BCUT2D eigenvalue weighted by molar-refractivity contribution is 0.0695. The van der Waals surface area contributed by atoms with Crippen LogP contribution in [-0.4, -0.2) is 70.5 Å². The normalized spacial score (nSPS) is 16.1. The molecule has 0 aliphatic carbocycles. The molecule has 4 rings (SSSR count). The first-order valence-electron chi connectivity index (χ1n) is 11.6. The van der Waals surface area contributed by atoms with Crippen molar-refractivity contribution < 1.29 is 61.3 Å². The number of hydrogen-bond acceptors (Lipinski definition) is 8. The summed E-state index contributed by atoms with van der Waals surface area (Å²) in [6, 6.07) is 2.09. The van der Waals surface area contributed by atoms with Crippen molar-refractivity contribution in [3.05, 3.63) is 63.7 Å². The van der Waals surface area contributed by atoms with Crippen LogP contribution >= 0.6 is 15.2 Å². The molecule has 20 heteroatoms. The van der Waals surface area contributed by atoms with E-state index in [2.05, 4.69) is 15.0 Å². The van der Waals surface area contributed by atoms with Gasteiger partial charge in [-0.2, -0.15) is 0 Å². The molecule has 1 unspecified atom stereocenters. The maximum absolute atomic E-state index is 15.2. The van der Waals surface area contributed by atoms with Gasteiger partial charge in [0.1, 0.15) is 17.2 Å². The standard InChI is InChI=1S/C22H21F3N4O11P2/c1-22(41(34,35)36,42(37,38)39)40-21(33)26-11-4-5-28(8-11)19-15(25)7-12-17(30)13(20(31)32)9-29(18(12)27-19)16-3-2-10(23)6-14(16)24/h2-3,6-7,9,11H,4-5,8H2,1H3,(H,26,33)(H,31,32)(H2,34,35,36)(H2,37,38,39). The van der Waals surface area contributed by atoms with Crippen LogP contribution in [0, 0.1) is 17.5 Å². The monoisotopic (exact) mass is 636 g/mol. The molecule has 2 aromatic heterocycles. The zero-order valence-electron chi connectivity index (χ0n) is 21.1. The fourth-order valence-corrected chi connectivity index (χ4v) is 5.94. The third kappa shape index (κ3) is 5.64. The van der Waals surface area contributed by atoms with Crippen molar-refractivity contribution in [2.24, 2.45) is 0 Å². The van der Waals surface area contributed by atoms with Gasteiger partial charge in [-0.3, -0.25) is 18.5 Å². The number of carboxylic acid groups (broad SMARTS) is 1. The number of hydrogen-bond donors (Lipinski definition) is 6. The zero-order valence-corrected chi connectivity index (χ0v) is 22.9. The van der Waals surface area contributed by atoms with E-state index in [4.69, 9.17) is 0 Å². The number of carbonyl (C=O) groups excluding carboxylic acids is 1. The minimum absolute atomic E-state index is 0.0169. The van der Waals surface area contributed by atoms with Crippen LogP contribution in [0.15, 0.2) is 35.3 Å². The number of aromatic nitrogens is 2. The molecule has 0 bridgehead atoms. The Hall–Kier alpha value is -3.79. The minimum atomic E-state index is -5.68. The molecule has 3 aromatic rings. The van der Waals surface area contributed by atoms with Crippen LogP contribution in [0.5, 0.6) is 0 Å². The number of nitrogens with zero attached hydrogens (tertiary/aromatic N) is 3. The van der Waals surface area contributed by atoms with E-state index < -0.39 is 83.7 Å². The third-order valence-corrected chi connectivity index (χ3v) is 10.4. The van der Waals surface area contributed by atoms with Gasteiger partial charge in [-0.1, -0.05) is 0 Å². The summed E-state index contributed by atoms with van der Waals surface area (Å²) < 4.78 is 72.0. The Labute approximate surface area is 232 Å². The summed E-state index contributed by atoms with van der Waals surface area (Å²) in [4.78, 5) is 79.5. The number of pyridine rings is 2. The third-order valence-electron chi connectivity index (χ3n) is 6.49. The molecular weight excluding hydrogens is 615 g/mol. The molecule has 1 atom stereocenters. The molecule has 0 spiro atoms. The molecule has 3 heterocycles. The number of carbonyl (C=O) groups is 2. The highest BCUT2D eigenvalue weighted by molar-refractivity contribution is 7.72. The lowest BCUT2D eigenvalue weighted by atomic mass is 10.1. The number of fused-ring (bicyclic) bond motifs is 1. The molecule has 1 aliphatic rings. The molecule has 1 aliphatic heterocycles. The molecule has 226 valence electrons. The number of benzene rings is 1. The van der Waals surface area contributed by atoms with Gasteiger partial charge in [0.05, 0.1) is 17.1 Å². The Morgan fingerprint density at radius 3 is 2.31 bits per heavy atom. The zero-order chi connectivity index (χ0) is 31.4. The van der Waals surface area contributed by atoms with Crippen molar-refractivity contribution in [3.8, 4) is 5.69 Å². The van der Waals surface area contributed by atoms with Crippen molar-refractivity contribution in [1.82, 2.24) is 14.9 Å². The van der Waals surface area contributed by atoms with Crippen LogP contribution in [0.4, 0.5) is 23.8 Å². The number of alkyl carbamates (subject to hydrolysis) is 1. The van der Waals surface area contributed by atoms with E-state index in [0.29, 0.717) is 19.1 Å². The molecule has 1 fully saturated rings. The summed E-state index contributed by atoms with van der Waals surface area (Å²) in [5, 5.41) is 7.60. The highest BCUT2D eigenvalue weighted by Gasteiger charge is 2.60. The Morgan fingerprint density at radius 1 is 1.10 bits per heavy atom. The number of nitrogens with one attached hydrogen (secondary N) is 1. The minimum Gasteiger partial charge on any atom is -0.477 e. The van der Waals surface area contributed by atoms with Crippen LogP contribution in [0.25, 0.3) is 16.7 Å². The van der Waals surface area contributed by atoms with Crippen molar-refractivity contribution in [2.75, 3.05) is 18.0 Å². The highest BCUT2D eigenvalue weighted by Crippen LogP contribution is 2.69. The average molecular weight is 636 g/mol. The molecule has 1 amide bonds. The Kier molecular flexibility index (Phi) is 8.01. The van der Waals surface area contributed by atoms with Gasteiger partial charge in [-0.05, 0) is 31.5 Å². The predicted octanol–water partition coefficient (Wildman–Crippen LogP) is 1.84. The second-order valence-corrected chi connectivity index (χ2v) is 13.5. The first-order valence-corrected chi connectivity index (χ1v) is 14.9. The van der Waals surface area contributed by atoms with Crippen molar-refractivity contribution in [2.45, 2.75) is 24.5 Å². The first kappa shape index (κ1) is 31.2. The van der Waals surface area contributed by atoms with Gasteiger partial charge in [0, 0.05) is 25.4 Å². The van der Waals surface area contributed by atoms with Crippen molar-refractivity contribution in [3.63, 3.8) is 0 Å². The van der Waals surface area contributed by atoms with Gasteiger partial charge in [0.2, 0.25) is 5.43 Å². The SMILES string of the molecule is CC(OC(=O)NC1CCN(c2nc3c(cc2F)c(=O)c(C(=O)O)cn3-c2ccc(F)cc2F)C1)(P(=O)(O)O)P(=O)(O)O. The number of amides is 1. The molecule has 15 nitrogen and oxygen atoms in total. The van der Waals surface area contributed by atoms with Crippen LogP contribution in [0.3, 0.4) is 0 Å². The van der Waals surface area contributed by atoms with E-state index in [-0.39, 0.29) is 25.2 Å². The lowest BCUT2D eigenvalue weighted by Gasteiger charge is -2.30. The number of rotatable bonds is 7. The number of anilines is 1. The van der Waals surface area contributed by atoms with E-state index in [1.165, 1.54) is 4.90 Å². The van der Waals surface area contributed by atoms with E-state index in [9.17, 15) is 57.0 Å². The van der Waals surface area contributed by atoms with Gasteiger partial charge in [-0.25, -0.2) is 27.7 Å². The summed E-state index contributed by atoms with van der Waals surface area (Å²) in [5.74, 6) is -5.32. The molecule has 0 saturated carbocycles. The lowest BCUT2D eigenvalue weighted by Crippen LogP contribution is -2.42. The predicted molar refractivity (Wildman–Crippen MR) is 137 cm³/mol. The number of aromatic carboxylic acids is 1. The maximum Gasteiger partial charge on any atom is 0.409 e. The summed E-state index contributed by atoms with van der Waals surface area (Å²) >= 11 is 0. The summed E-state index contributed by atoms with van der Waals surface area (Å²) in [6.45, 7) is 0.120. The second kappa shape index (κ2) is 10.8. The highest BCUT2D eigenvalue weighted by atomic mass is 31.2. The Balaban J connectivity index is 1.68. The van der Waals surface area contributed by atoms with Crippen LogP contribution < -0.4 is 15.6 Å². The van der Waals surface area contributed by atoms with E-state index in [1.54, 1.807) is 0 Å². The summed E-state index contributed by atoms with van der Waals surface area (Å²) in [7, 11) is -11.4. The van der Waals surface area contributed by atoms with E-state index in [1.807, 2.05) is 0 Å². The topological polar surface area (TPSA) is 229 Å². The molecule has 6 N–H and O–H groups in total. The fraction of sp³-hybridized carbons (Fsp3) is 0.273. The number of ether oxygens (including phenoxy) is 1. The first-order chi connectivity index (χ1) is 19.3. The molecule has 0 radical (unpaired) electrons. The van der Waals surface area contributed by atoms with Gasteiger partial charge in [0.15, 0.2) is 17.3 Å². The van der Waals surface area contributed by atoms with E-state index in [0.717, 1.165) is 22.9 Å². The average Bonchev–Trinajstić information content (AvgIpc) is 3.31. The Morgan fingerprint density at radius 2 is 1.74 bits per heavy atom. The van der Waals surface area contributed by atoms with Gasteiger partial charge >= 0.3 is 32.3 Å². The van der Waals surface area contributed by atoms with Crippen molar-refractivity contribution in [1.29, 1.82) is 0 Å². The Bertz CT molecular complexity index is 1750. The van der Waals surface area contributed by atoms with Gasteiger partial charge in [-0.15, -0.1) is 0 Å². The van der Waals surface area contributed by atoms with Crippen LogP contribution in [-0.2, 0) is 13.9 Å². The van der Waals surface area contributed by atoms with Crippen LogP contribution in [0.1, 0.15) is 23.7 Å². The van der Waals surface area contributed by atoms with Crippen LogP contribution in [0.2, 0.25) is 0 Å². The number of halogens is 3. The van der Waals surface area contributed by atoms with Gasteiger partial charge < -0.3 is 39.6 Å². The molecular formula is C22H21F3N4O11P2. The molecule has 42 heavy (non-hydrogen) atoms. The maximum atomic E-state index is 15.2. The van der Waals surface area contributed by atoms with E-state index >= 15 is 4.39 Å². The smallest absolute Gasteiger partial charge is 0.409 e. The largest absolute Gasteiger partial charge is 0.477 e. The molecule has 1 aromatic carbocycles. The number of carboxylic acids is 1. The molecule has 1 saturated heterocycles. The summed E-state index contributed by atoms with van der Waals surface area (Å²) in [6.07, 6.45) is -0.792.